The van der Waals surface area contributed by atoms with Crippen LogP contribution in [0.2, 0.25) is 0 Å². The molecule has 0 aromatic heterocycles. The van der Waals surface area contributed by atoms with Crippen molar-refractivity contribution in [3.8, 4) is 0 Å². The fourth-order valence-corrected chi connectivity index (χ4v) is 3.56. The highest BCUT2D eigenvalue weighted by Crippen LogP contribution is 2.32. The molecule has 2 rings (SSSR count). The van der Waals surface area contributed by atoms with Crippen molar-refractivity contribution in [1.29, 1.82) is 0 Å². The maximum atomic E-state index is 10.8. The molecule has 7 unspecified atom stereocenters. The Morgan fingerprint density at radius 3 is 2.03 bits per heavy atom. The molecule has 2 saturated heterocycles. The average Bonchev–Trinajstić information content (AvgIpc) is 2.70. The van der Waals surface area contributed by atoms with E-state index in [0.29, 0.717) is 39.5 Å². The third-order valence-corrected chi connectivity index (χ3v) is 5.14. The van der Waals surface area contributed by atoms with Gasteiger partial charge in [-0.2, -0.15) is 0 Å². The highest BCUT2D eigenvalue weighted by molar-refractivity contribution is 4.94. The van der Waals surface area contributed by atoms with Crippen LogP contribution in [0.4, 0.5) is 0 Å². The molecular weight excluding hydrogens is 400 g/mol. The number of aliphatic hydroxyl groups excluding tert-OH is 2. The fraction of sp³-hybridized carbons (Fsp3) is 1.00. The van der Waals surface area contributed by atoms with E-state index in [0.717, 1.165) is 0 Å². The zero-order valence-electron chi connectivity index (χ0n) is 18.6. The topological polar surface area (TPSA) is 114 Å². The van der Waals surface area contributed by atoms with Crippen LogP contribution in [0.15, 0.2) is 0 Å². The van der Waals surface area contributed by atoms with E-state index in [1.54, 1.807) is 21.1 Å². The van der Waals surface area contributed by atoms with Gasteiger partial charge in [0.25, 0.3) is 6.48 Å². The van der Waals surface area contributed by atoms with Gasteiger partial charge in [-0.3, -0.25) is 0 Å². The lowest BCUT2D eigenvalue weighted by Gasteiger charge is -2.48. The standard InChI is InChI=1S/C20H38O10/c1-12(10-23-4)25-7-6-15(27-9-8-26-13(2)11-24-5)18-17(22)19-16(21)14(3)28-20(29-18)30-19/h12-22H,6-11H2,1-5H3/t12-,13-,14?,15?,16?,17?,18?,19?,20?/m1/s1. The molecular formula is C20H38O10. The van der Waals surface area contributed by atoms with E-state index >= 15 is 0 Å². The molecule has 0 amide bonds. The molecule has 10 nitrogen and oxygen atoms in total. The van der Waals surface area contributed by atoms with Gasteiger partial charge < -0.3 is 48.1 Å². The molecule has 2 bridgehead atoms. The lowest BCUT2D eigenvalue weighted by Crippen LogP contribution is -2.65. The number of fused-ring (bicyclic) bond motifs is 2. The average molecular weight is 439 g/mol. The van der Waals surface area contributed by atoms with Gasteiger partial charge in [0.2, 0.25) is 0 Å². The molecule has 178 valence electrons. The summed E-state index contributed by atoms with van der Waals surface area (Å²) in [6.45, 7) is 6.61. The number of ether oxygens (including phenoxy) is 8. The molecule has 0 radical (unpaired) electrons. The summed E-state index contributed by atoms with van der Waals surface area (Å²) in [7, 11) is 3.24. The Morgan fingerprint density at radius 2 is 1.40 bits per heavy atom. The number of rotatable bonds is 14. The van der Waals surface area contributed by atoms with Gasteiger partial charge in [0.05, 0.1) is 50.8 Å². The minimum atomic E-state index is -1.07. The van der Waals surface area contributed by atoms with Crippen molar-refractivity contribution in [3.05, 3.63) is 0 Å². The predicted octanol–water partition coefficient (Wildman–Crippen LogP) is 0.0728. The molecule has 2 heterocycles. The SMILES string of the molecule is COC[C@@H](C)OCCOC(CCO[C@H](C)COC)C1OC2OC(C)C(O)C(O2)C1O. The summed E-state index contributed by atoms with van der Waals surface area (Å²) in [6.07, 6.45) is -4.24. The summed E-state index contributed by atoms with van der Waals surface area (Å²) in [4.78, 5) is 0. The second-order valence-corrected chi connectivity index (χ2v) is 7.78. The van der Waals surface area contributed by atoms with Gasteiger partial charge in [-0.05, 0) is 27.2 Å². The van der Waals surface area contributed by atoms with E-state index in [-0.39, 0.29) is 12.2 Å². The zero-order chi connectivity index (χ0) is 22.1. The largest absolute Gasteiger partial charge is 0.388 e. The third kappa shape index (κ3) is 7.63. The van der Waals surface area contributed by atoms with Crippen LogP contribution in [0.3, 0.4) is 0 Å². The Labute approximate surface area is 178 Å². The molecule has 0 spiro atoms. The van der Waals surface area contributed by atoms with Crippen LogP contribution in [0.1, 0.15) is 27.2 Å². The van der Waals surface area contributed by atoms with Crippen LogP contribution in [-0.2, 0) is 37.9 Å². The first kappa shape index (κ1) is 25.9. The Hall–Kier alpha value is -0.400. The monoisotopic (exact) mass is 438 g/mol. The van der Waals surface area contributed by atoms with Crippen molar-refractivity contribution in [2.75, 3.05) is 47.3 Å². The Kier molecular flexibility index (Phi) is 11.4. The van der Waals surface area contributed by atoms with Gasteiger partial charge in [0, 0.05) is 20.8 Å². The van der Waals surface area contributed by atoms with Gasteiger partial charge in [0.1, 0.15) is 24.4 Å². The molecule has 0 aliphatic carbocycles. The molecule has 2 aliphatic rings. The minimum absolute atomic E-state index is 0.0513. The van der Waals surface area contributed by atoms with Gasteiger partial charge in [0.15, 0.2) is 0 Å². The van der Waals surface area contributed by atoms with Crippen LogP contribution in [-0.4, -0.2) is 113 Å². The minimum Gasteiger partial charge on any atom is -0.388 e. The molecule has 9 atom stereocenters. The van der Waals surface area contributed by atoms with E-state index in [9.17, 15) is 10.2 Å². The van der Waals surface area contributed by atoms with E-state index in [1.807, 2.05) is 13.8 Å². The summed E-state index contributed by atoms with van der Waals surface area (Å²) in [5.41, 5.74) is 0. The lowest BCUT2D eigenvalue weighted by atomic mass is 9.93. The van der Waals surface area contributed by atoms with Gasteiger partial charge in [-0.1, -0.05) is 0 Å². The van der Waals surface area contributed by atoms with Crippen LogP contribution in [0, 0.1) is 0 Å². The summed E-state index contributed by atoms with van der Waals surface area (Å²) in [5.74, 6) is 0. The Morgan fingerprint density at radius 1 is 0.800 bits per heavy atom. The van der Waals surface area contributed by atoms with E-state index in [2.05, 4.69) is 0 Å². The fourth-order valence-electron chi connectivity index (χ4n) is 3.56. The predicted molar refractivity (Wildman–Crippen MR) is 105 cm³/mol. The van der Waals surface area contributed by atoms with E-state index in [1.165, 1.54) is 0 Å². The maximum absolute atomic E-state index is 10.8. The van der Waals surface area contributed by atoms with E-state index < -0.39 is 43.1 Å². The van der Waals surface area contributed by atoms with Gasteiger partial charge in [-0.15, -0.1) is 0 Å². The number of methoxy groups -OCH3 is 2. The molecule has 2 aliphatic heterocycles. The molecule has 0 aromatic rings. The zero-order valence-corrected chi connectivity index (χ0v) is 18.6. The molecule has 0 aromatic carbocycles. The Balaban J connectivity index is 1.93. The van der Waals surface area contributed by atoms with Crippen molar-refractivity contribution in [3.63, 3.8) is 0 Å². The van der Waals surface area contributed by atoms with Crippen molar-refractivity contribution < 1.29 is 48.1 Å². The van der Waals surface area contributed by atoms with Crippen LogP contribution >= 0.6 is 0 Å². The maximum Gasteiger partial charge on any atom is 0.272 e. The summed E-state index contributed by atoms with van der Waals surface area (Å²) >= 11 is 0. The van der Waals surface area contributed by atoms with Crippen molar-refractivity contribution in [2.24, 2.45) is 0 Å². The molecule has 2 fully saturated rings. The summed E-state index contributed by atoms with van der Waals surface area (Å²) in [5, 5.41) is 21.1. The summed E-state index contributed by atoms with van der Waals surface area (Å²) in [6, 6.07) is 0. The Bertz CT molecular complexity index is 467. The number of aliphatic hydroxyl groups is 2. The van der Waals surface area contributed by atoms with Crippen LogP contribution < -0.4 is 0 Å². The molecule has 2 N–H and O–H groups in total. The number of hydrogen-bond donors (Lipinski definition) is 2. The second-order valence-electron chi connectivity index (χ2n) is 7.78. The molecule has 0 saturated carbocycles. The normalized spacial score (nSPS) is 34.5. The van der Waals surface area contributed by atoms with E-state index in [4.69, 9.17) is 37.9 Å². The van der Waals surface area contributed by atoms with Gasteiger partial charge in [-0.25, -0.2) is 0 Å². The van der Waals surface area contributed by atoms with Gasteiger partial charge >= 0.3 is 0 Å². The lowest BCUT2D eigenvalue weighted by molar-refractivity contribution is -0.436. The first-order valence-electron chi connectivity index (χ1n) is 10.5. The second kappa shape index (κ2) is 13.2. The quantitative estimate of drug-likeness (QED) is 0.361. The van der Waals surface area contributed by atoms with Crippen molar-refractivity contribution in [2.45, 2.75) is 82.5 Å². The number of hydrogen-bond acceptors (Lipinski definition) is 10. The van der Waals surface area contributed by atoms with Crippen molar-refractivity contribution in [1.82, 2.24) is 0 Å². The highest BCUT2D eigenvalue weighted by atomic mass is 16.9. The molecule has 30 heavy (non-hydrogen) atoms. The first-order valence-corrected chi connectivity index (χ1v) is 10.5. The first-order chi connectivity index (χ1) is 14.4. The molecule has 10 heteroatoms. The summed E-state index contributed by atoms with van der Waals surface area (Å²) < 4.78 is 44.3. The van der Waals surface area contributed by atoms with Crippen LogP contribution in [0.5, 0.6) is 0 Å². The van der Waals surface area contributed by atoms with Crippen LogP contribution in [0.25, 0.3) is 0 Å². The smallest absolute Gasteiger partial charge is 0.272 e. The highest BCUT2D eigenvalue weighted by Gasteiger charge is 2.51. The third-order valence-electron chi connectivity index (χ3n) is 5.14. The van der Waals surface area contributed by atoms with Crippen molar-refractivity contribution >= 4 is 0 Å².